The van der Waals surface area contributed by atoms with Crippen molar-refractivity contribution < 1.29 is 18.4 Å². The van der Waals surface area contributed by atoms with Crippen LogP contribution in [-0.2, 0) is 4.79 Å². The lowest BCUT2D eigenvalue weighted by molar-refractivity contribution is -0.136. The van der Waals surface area contributed by atoms with Crippen molar-refractivity contribution in [2.45, 2.75) is 38.2 Å². The molecule has 1 aliphatic heterocycles. The number of aromatic nitrogens is 2. The van der Waals surface area contributed by atoms with E-state index in [-0.39, 0.29) is 18.4 Å². The van der Waals surface area contributed by atoms with Crippen LogP contribution < -0.4 is 5.32 Å². The first-order valence-corrected chi connectivity index (χ1v) is 9.44. The molecule has 148 valence electrons. The van der Waals surface area contributed by atoms with Crippen molar-refractivity contribution in [2.24, 2.45) is 5.92 Å². The van der Waals surface area contributed by atoms with E-state index in [1.54, 1.807) is 23.0 Å². The van der Waals surface area contributed by atoms with Crippen molar-refractivity contribution in [2.75, 3.05) is 18.4 Å². The fraction of sp³-hybridized carbons (Fsp3) is 0.450. The molecule has 4 rings (SSSR count). The van der Waals surface area contributed by atoms with Crippen LogP contribution in [0.25, 0.3) is 0 Å². The Kier molecular flexibility index (Phi) is 4.64. The molecule has 6 nitrogen and oxygen atoms in total. The molecule has 1 saturated carbocycles. The van der Waals surface area contributed by atoms with E-state index >= 15 is 0 Å². The third-order valence-electron chi connectivity index (χ3n) is 5.55. The molecule has 2 amide bonds. The fourth-order valence-corrected chi connectivity index (χ4v) is 3.75. The average Bonchev–Trinajstić information content (AvgIpc) is 3.09. The first-order chi connectivity index (χ1) is 13.4. The van der Waals surface area contributed by atoms with Gasteiger partial charge in [0.2, 0.25) is 5.91 Å². The molecule has 2 aromatic rings. The zero-order chi connectivity index (χ0) is 19.9. The molecule has 1 aromatic heterocycles. The number of halogens is 2. The molecule has 1 N–H and O–H groups in total. The predicted octanol–water partition coefficient (Wildman–Crippen LogP) is 3.26. The highest BCUT2D eigenvalue weighted by Crippen LogP contribution is 2.49. The Hall–Kier alpha value is -2.77. The Morgan fingerprint density at radius 2 is 1.86 bits per heavy atom. The van der Waals surface area contributed by atoms with Crippen LogP contribution in [0.4, 0.5) is 14.6 Å². The van der Waals surface area contributed by atoms with Gasteiger partial charge >= 0.3 is 0 Å². The zero-order valence-corrected chi connectivity index (χ0v) is 15.6. The number of hydrogen-bond donors (Lipinski definition) is 1. The molecule has 1 atom stereocenters. The highest BCUT2D eigenvalue weighted by molar-refractivity contribution is 6.04. The average molecular weight is 388 g/mol. The number of nitrogens with zero attached hydrogens (tertiary/aromatic N) is 3. The van der Waals surface area contributed by atoms with Crippen LogP contribution >= 0.6 is 0 Å². The number of anilines is 1. The van der Waals surface area contributed by atoms with Crippen molar-refractivity contribution >= 4 is 17.6 Å². The smallest absolute Gasteiger partial charge is 0.260 e. The van der Waals surface area contributed by atoms with Crippen molar-refractivity contribution in [1.82, 2.24) is 14.7 Å². The summed E-state index contributed by atoms with van der Waals surface area (Å²) in [6, 6.07) is 9.08. The number of alkyl halides is 2. The van der Waals surface area contributed by atoms with Gasteiger partial charge in [-0.25, -0.2) is 13.5 Å². The van der Waals surface area contributed by atoms with Crippen LogP contribution in [0.2, 0.25) is 0 Å². The molecule has 0 spiro atoms. The van der Waals surface area contributed by atoms with Gasteiger partial charge in [0.1, 0.15) is 11.7 Å². The SMILES string of the molecule is Cc1ccccc1C(=O)Nc1ccnn1C1CCN(C(=O)C2CC2(F)F)CC1. The first-order valence-electron chi connectivity index (χ1n) is 9.44. The number of nitrogens with one attached hydrogen (secondary N) is 1. The van der Waals surface area contributed by atoms with Crippen molar-refractivity contribution in [3.05, 3.63) is 47.7 Å². The topological polar surface area (TPSA) is 67.2 Å². The highest BCUT2D eigenvalue weighted by Gasteiger charge is 2.62. The van der Waals surface area contributed by atoms with E-state index in [9.17, 15) is 18.4 Å². The third-order valence-corrected chi connectivity index (χ3v) is 5.55. The van der Waals surface area contributed by atoms with E-state index in [2.05, 4.69) is 10.4 Å². The molecule has 2 fully saturated rings. The number of benzene rings is 1. The largest absolute Gasteiger partial charge is 0.342 e. The molecular formula is C20H22F2N4O2. The van der Waals surface area contributed by atoms with E-state index in [1.165, 1.54) is 4.90 Å². The Bertz CT molecular complexity index is 903. The summed E-state index contributed by atoms with van der Waals surface area (Å²) in [6.45, 7) is 2.71. The van der Waals surface area contributed by atoms with E-state index in [1.807, 2.05) is 25.1 Å². The van der Waals surface area contributed by atoms with Crippen LogP contribution in [0.5, 0.6) is 0 Å². The summed E-state index contributed by atoms with van der Waals surface area (Å²) in [4.78, 5) is 26.2. The molecule has 1 aliphatic carbocycles. The maximum atomic E-state index is 13.1. The monoisotopic (exact) mass is 388 g/mol. The zero-order valence-electron chi connectivity index (χ0n) is 15.6. The number of hydrogen-bond acceptors (Lipinski definition) is 3. The van der Waals surface area contributed by atoms with Crippen molar-refractivity contribution in [3.8, 4) is 0 Å². The Balaban J connectivity index is 1.39. The fourth-order valence-electron chi connectivity index (χ4n) is 3.75. The van der Waals surface area contributed by atoms with Gasteiger partial charge in [-0.15, -0.1) is 0 Å². The molecule has 0 radical (unpaired) electrons. The van der Waals surface area contributed by atoms with Crippen molar-refractivity contribution in [3.63, 3.8) is 0 Å². The summed E-state index contributed by atoms with van der Waals surface area (Å²) in [5.41, 5.74) is 1.48. The summed E-state index contributed by atoms with van der Waals surface area (Å²) < 4.78 is 28.0. The number of amides is 2. The Morgan fingerprint density at radius 1 is 1.18 bits per heavy atom. The summed E-state index contributed by atoms with van der Waals surface area (Å²) in [6.07, 6.45) is 2.51. The molecule has 1 aromatic carbocycles. The summed E-state index contributed by atoms with van der Waals surface area (Å²) >= 11 is 0. The van der Waals surface area contributed by atoms with Gasteiger partial charge in [0.05, 0.1) is 12.2 Å². The van der Waals surface area contributed by atoms with Gasteiger partial charge in [-0.3, -0.25) is 9.59 Å². The second kappa shape index (κ2) is 7.00. The quantitative estimate of drug-likeness (QED) is 0.874. The molecule has 2 heterocycles. The van der Waals surface area contributed by atoms with Gasteiger partial charge in [-0.1, -0.05) is 18.2 Å². The van der Waals surface area contributed by atoms with Crippen LogP contribution in [-0.4, -0.2) is 45.5 Å². The van der Waals surface area contributed by atoms with Crippen molar-refractivity contribution in [1.29, 1.82) is 0 Å². The molecule has 28 heavy (non-hydrogen) atoms. The van der Waals surface area contributed by atoms with E-state index in [0.717, 1.165) is 5.56 Å². The standard InChI is InChI=1S/C20H22F2N4O2/c1-13-4-2-3-5-15(13)18(27)24-17-6-9-23-26(17)14-7-10-25(11-8-14)19(28)16-12-20(16,21)22/h2-6,9,14,16H,7-8,10-12H2,1H3,(H,24,27). The number of carbonyl (C=O) groups is 2. The number of aryl methyl sites for hydroxylation is 1. The Morgan fingerprint density at radius 3 is 2.50 bits per heavy atom. The minimum atomic E-state index is -2.83. The summed E-state index contributed by atoms with van der Waals surface area (Å²) in [5.74, 6) is -4.03. The van der Waals surface area contributed by atoms with Gasteiger partial charge in [0.15, 0.2) is 0 Å². The number of carbonyl (C=O) groups excluding carboxylic acids is 2. The lowest BCUT2D eigenvalue weighted by Crippen LogP contribution is -2.41. The third kappa shape index (κ3) is 3.50. The van der Waals surface area contributed by atoms with Crippen LogP contribution in [0.1, 0.15) is 41.2 Å². The van der Waals surface area contributed by atoms with Gasteiger partial charge in [-0.05, 0) is 31.4 Å². The lowest BCUT2D eigenvalue weighted by atomic mass is 10.0. The van der Waals surface area contributed by atoms with Gasteiger partial charge in [0, 0.05) is 31.1 Å². The second-order valence-electron chi connectivity index (χ2n) is 7.50. The van der Waals surface area contributed by atoms with Gasteiger partial charge in [0.25, 0.3) is 11.8 Å². The molecule has 8 heteroatoms. The molecule has 0 bridgehead atoms. The molecule has 1 unspecified atom stereocenters. The second-order valence-corrected chi connectivity index (χ2v) is 7.50. The van der Waals surface area contributed by atoms with Crippen LogP contribution in [0.15, 0.2) is 36.5 Å². The normalized spacial score (nSPS) is 21.4. The maximum absolute atomic E-state index is 13.1. The van der Waals surface area contributed by atoms with E-state index in [4.69, 9.17) is 0 Å². The lowest BCUT2D eigenvalue weighted by Gasteiger charge is -2.32. The number of likely N-dealkylation sites (tertiary alicyclic amines) is 1. The molecule has 2 aliphatic rings. The predicted molar refractivity (Wildman–Crippen MR) is 99.3 cm³/mol. The minimum Gasteiger partial charge on any atom is -0.342 e. The maximum Gasteiger partial charge on any atom is 0.260 e. The minimum absolute atomic E-state index is 0.00549. The van der Waals surface area contributed by atoms with Gasteiger partial charge < -0.3 is 10.2 Å². The summed E-state index contributed by atoms with van der Waals surface area (Å²) in [7, 11) is 0. The van der Waals surface area contributed by atoms with Crippen LogP contribution in [0.3, 0.4) is 0 Å². The highest BCUT2D eigenvalue weighted by atomic mass is 19.3. The van der Waals surface area contributed by atoms with Crippen LogP contribution in [0, 0.1) is 12.8 Å². The van der Waals surface area contributed by atoms with E-state index in [0.29, 0.717) is 37.3 Å². The van der Waals surface area contributed by atoms with E-state index < -0.39 is 17.7 Å². The Labute approximate surface area is 161 Å². The first kappa shape index (κ1) is 18.6. The number of piperidine rings is 1. The molecular weight excluding hydrogens is 366 g/mol. The molecule has 1 saturated heterocycles. The number of rotatable bonds is 4. The van der Waals surface area contributed by atoms with Gasteiger partial charge in [-0.2, -0.15) is 5.10 Å². The summed E-state index contributed by atoms with van der Waals surface area (Å²) in [5, 5.41) is 7.23.